The van der Waals surface area contributed by atoms with Crippen LogP contribution in [0.2, 0.25) is 0 Å². The topological polar surface area (TPSA) is 26.0 Å². The van der Waals surface area contributed by atoms with Crippen LogP contribution in [0.4, 0.5) is 18.9 Å². The molecule has 0 atom stereocenters. The van der Waals surface area contributed by atoms with Crippen LogP contribution >= 0.6 is 11.3 Å². The van der Waals surface area contributed by atoms with Gasteiger partial charge in [-0.15, -0.1) is 11.3 Å². The highest BCUT2D eigenvalue weighted by atomic mass is 32.1. The molecule has 1 aromatic rings. The third kappa shape index (κ3) is 2.80. The summed E-state index contributed by atoms with van der Waals surface area (Å²) in [6, 6.07) is 1.35. The molecule has 2 N–H and O–H groups in total. The Morgan fingerprint density at radius 3 is 2.45 bits per heavy atom. The van der Waals surface area contributed by atoms with E-state index in [-0.39, 0.29) is 4.88 Å². The van der Waals surface area contributed by atoms with E-state index in [9.17, 15) is 13.2 Å². The highest BCUT2D eigenvalue weighted by molar-refractivity contribution is 7.10. The Hall–Kier alpha value is -0.710. The van der Waals surface area contributed by atoms with Crippen molar-refractivity contribution in [2.75, 3.05) is 5.73 Å². The fourth-order valence-corrected chi connectivity index (χ4v) is 1.49. The summed E-state index contributed by atoms with van der Waals surface area (Å²) in [6.45, 7) is 0. The van der Waals surface area contributed by atoms with Gasteiger partial charge < -0.3 is 5.73 Å². The lowest BCUT2D eigenvalue weighted by atomic mass is 10.3. The van der Waals surface area contributed by atoms with E-state index < -0.39 is 12.6 Å². The number of anilines is 1. The monoisotopic (exact) mass is 181 g/mol. The fraction of sp³-hybridized carbons (Fsp3) is 0.333. The summed E-state index contributed by atoms with van der Waals surface area (Å²) < 4.78 is 35.1. The van der Waals surface area contributed by atoms with Gasteiger partial charge in [0.2, 0.25) is 0 Å². The van der Waals surface area contributed by atoms with Crippen molar-refractivity contribution in [3.05, 3.63) is 16.3 Å². The van der Waals surface area contributed by atoms with Crippen LogP contribution in [0.1, 0.15) is 4.88 Å². The van der Waals surface area contributed by atoms with Gasteiger partial charge in [0.15, 0.2) is 0 Å². The lowest BCUT2D eigenvalue weighted by Crippen LogP contribution is -2.10. The first-order valence-electron chi connectivity index (χ1n) is 2.87. The molecule has 1 nitrogen and oxygen atoms in total. The molecule has 0 saturated heterocycles. The van der Waals surface area contributed by atoms with E-state index in [1.54, 1.807) is 0 Å². The molecule has 0 amide bonds. The Morgan fingerprint density at radius 1 is 1.45 bits per heavy atom. The summed E-state index contributed by atoms with van der Waals surface area (Å²) >= 11 is 1.03. The molecule has 0 aliphatic heterocycles. The van der Waals surface area contributed by atoms with E-state index in [0.29, 0.717) is 5.69 Å². The first-order valence-corrected chi connectivity index (χ1v) is 3.75. The van der Waals surface area contributed by atoms with E-state index >= 15 is 0 Å². The molecule has 0 unspecified atom stereocenters. The second-order valence-electron chi connectivity index (χ2n) is 2.14. The van der Waals surface area contributed by atoms with Gasteiger partial charge >= 0.3 is 6.18 Å². The number of hydrogen-bond donors (Lipinski definition) is 1. The smallest absolute Gasteiger partial charge is 0.393 e. The minimum atomic E-state index is -4.13. The second-order valence-corrected chi connectivity index (χ2v) is 3.13. The molecule has 0 aliphatic rings. The third-order valence-corrected chi connectivity index (χ3v) is 2.00. The van der Waals surface area contributed by atoms with Crippen LogP contribution in [0.3, 0.4) is 0 Å². The van der Waals surface area contributed by atoms with Gasteiger partial charge in [-0.3, -0.25) is 0 Å². The average molecular weight is 181 g/mol. The molecular weight excluding hydrogens is 175 g/mol. The van der Waals surface area contributed by atoms with Crippen LogP contribution in [-0.2, 0) is 6.42 Å². The molecule has 0 aliphatic carbocycles. The highest BCUT2D eigenvalue weighted by Crippen LogP contribution is 2.26. The van der Waals surface area contributed by atoms with E-state index in [2.05, 4.69) is 0 Å². The molecular formula is C6H6F3NS. The van der Waals surface area contributed by atoms with Crippen molar-refractivity contribution in [3.8, 4) is 0 Å². The number of halogens is 3. The van der Waals surface area contributed by atoms with Crippen molar-refractivity contribution in [2.45, 2.75) is 12.6 Å². The summed E-state index contributed by atoms with van der Waals surface area (Å²) in [5, 5.41) is 1.50. The average Bonchev–Trinajstić information content (AvgIpc) is 2.10. The van der Waals surface area contributed by atoms with Crippen LogP contribution in [0, 0.1) is 0 Å². The summed E-state index contributed by atoms with van der Waals surface area (Å²) in [5.41, 5.74) is 5.64. The zero-order valence-electron chi connectivity index (χ0n) is 5.48. The Balaban J connectivity index is 2.65. The van der Waals surface area contributed by atoms with Crippen LogP contribution in [0.25, 0.3) is 0 Å². The number of rotatable bonds is 1. The normalized spacial score (nSPS) is 11.9. The number of nitrogens with two attached hydrogens (primary N) is 1. The van der Waals surface area contributed by atoms with E-state index in [1.807, 2.05) is 0 Å². The lowest BCUT2D eigenvalue weighted by Gasteiger charge is -2.01. The summed E-state index contributed by atoms with van der Waals surface area (Å²) in [7, 11) is 0. The zero-order chi connectivity index (χ0) is 8.48. The largest absolute Gasteiger partial charge is 0.398 e. The molecule has 0 spiro atoms. The maximum atomic E-state index is 11.7. The molecule has 1 aromatic heterocycles. The minimum Gasteiger partial charge on any atom is -0.398 e. The molecule has 0 saturated carbocycles. The number of alkyl halides is 3. The van der Waals surface area contributed by atoms with E-state index in [4.69, 9.17) is 5.73 Å². The van der Waals surface area contributed by atoms with Gasteiger partial charge in [-0.05, 0) is 6.07 Å². The van der Waals surface area contributed by atoms with Crippen LogP contribution in [0.5, 0.6) is 0 Å². The zero-order valence-corrected chi connectivity index (χ0v) is 6.30. The SMILES string of the molecule is Nc1csc(CC(F)(F)F)c1. The van der Waals surface area contributed by atoms with Gasteiger partial charge in [0.05, 0.1) is 6.42 Å². The predicted octanol–water partition coefficient (Wildman–Crippen LogP) is 2.44. The molecule has 0 fully saturated rings. The lowest BCUT2D eigenvalue weighted by molar-refractivity contribution is -0.126. The first-order chi connectivity index (χ1) is 4.97. The maximum Gasteiger partial charge on any atom is 0.393 e. The van der Waals surface area contributed by atoms with Crippen molar-refractivity contribution in [3.63, 3.8) is 0 Å². The maximum absolute atomic E-state index is 11.7. The third-order valence-electron chi connectivity index (χ3n) is 1.05. The fourth-order valence-electron chi connectivity index (χ4n) is 0.688. The molecule has 0 radical (unpaired) electrons. The highest BCUT2D eigenvalue weighted by Gasteiger charge is 2.28. The van der Waals surface area contributed by atoms with Gasteiger partial charge in [-0.2, -0.15) is 13.2 Å². The minimum absolute atomic E-state index is 0.259. The summed E-state index contributed by atoms with van der Waals surface area (Å²) in [6.07, 6.45) is -5.01. The van der Waals surface area contributed by atoms with Crippen molar-refractivity contribution >= 4 is 17.0 Å². The number of hydrogen-bond acceptors (Lipinski definition) is 2. The van der Waals surface area contributed by atoms with Crippen molar-refractivity contribution < 1.29 is 13.2 Å². The van der Waals surface area contributed by atoms with Crippen molar-refractivity contribution in [1.29, 1.82) is 0 Å². The van der Waals surface area contributed by atoms with E-state index in [1.165, 1.54) is 11.4 Å². The Bertz CT molecular complexity index is 240. The number of thiophene rings is 1. The Morgan fingerprint density at radius 2 is 2.09 bits per heavy atom. The second kappa shape index (κ2) is 2.73. The molecule has 0 bridgehead atoms. The molecule has 5 heteroatoms. The Kier molecular flexibility index (Phi) is 2.08. The van der Waals surface area contributed by atoms with Crippen molar-refractivity contribution in [1.82, 2.24) is 0 Å². The van der Waals surface area contributed by atoms with Crippen LogP contribution < -0.4 is 5.73 Å². The van der Waals surface area contributed by atoms with Gasteiger partial charge in [0.1, 0.15) is 0 Å². The quantitative estimate of drug-likeness (QED) is 0.707. The first kappa shape index (κ1) is 8.39. The molecule has 1 heterocycles. The Labute approximate surface area is 65.6 Å². The van der Waals surface area contributed by atoms with Crippen LogP contribution in [-0.4, -0.2) is 6.18 Å². The molecule has 62 valence electrons. The standard InChI is InChI=1S/C6H6F3NS/c7-6(8,9)2-5-1-4(10)3-11-5/h1,3H,2,10H2. The molecule has 0 aromatic carbocycles. The van der Waals surface area contributed by atoms with Gasteiger partial charge in [-0.1, -0.05) is 0 Å². The van der Waals surface area contributed by atoms with Gasteiger partial charge in [0, 0.05) is 15.9 Å². The van der Waals surface area contributed by atoms with Gasteiger partial charge in [-0.25, -0.2) is 0 Å². The molecule has 1 rings (SSSR count). The van der Waals surface area contributed by atoms with Crippen LogP contribution in [0.15, 0.2) is 11.4 Å². The number of nitrogen functional groups attached to an aromatic ring is 1. The predicted molar refractivity (Wildman–Crippen MR) is 38.5 cm³/mol. The molecule has 11 heavy (non-hydrogen) atoms. The van der Waals surface area contributed by atoms with Crippen molar-refractivity contribution in [2.24, 2.45) is 0 Å². The van der Waals surface area contributed by atoms with E-state index in [0.717, 1.165) is 11.3 Å². The summed E-state index contributed by atoms with van der Waals surface area (Å²) in [4.78, 5) is 0.259. The van der Waals surface area contributed by atoms with Gasteiger partial charge in [0.25, 0.3) is 0 Å². The summed E-state index contributed by atoms with van der Waals surface area (Å²) in [5.74, 6) is 0.